The maximum absolute atomic E-state index is 13.4. The van der Waals surface area contributed by atoms with E-state index in [9.17, 15) is 18.7 Å². The summed E-state index contributed by atoms with van der Waals surface area (Å²) >= 11 is 0. The van der Waals surface area contributed by atoms with Crippen LogP contribution < -0.4 is 5.32 Å². The lowest BCUT2D eigenvalue weighted by molar-refractivity contribution is 0.0847. The molecular weight excluding hydrogens is 252 g/mol. The lowest BCUT2D eigenvalue weighted by Crippen LogP contribution is -2.39. The summed E-state index contributed by atoms with van der Waals surface area (Å²) in [5, 5.41) is 11.9. The quantitative estimate of drug-likeness (QED) is 0.835. The SMILES string of the molecule is CCC(CC)(CO)CNC(=O)c1cc(F)ccc1F. The fourth-order valence-corrected chi connectivity index (χ4v) is 1.81. The number of rotatable bonds is 6. The van der Waals surface area contributed by atoms with Crippen molar-refractivity contribution < 1.29 is 18.7 Å². The Morgan fingerprint density at radius 3 is 2.47 bits per heavy atom. The predicted octanol–water partition coefficient (Wildman–Crippen LogP) is 2.49. The third-order valence-corrected chi connectivity index (χ3v) is 3.63. The molecule has 0 aliphatic rings. The van der Waals surface area contributed by atoms with Gasteiger partial charge in [0.25, 0.3) is 5.91 Å². The Morgan fingerprint density at radius 2 is 1.95 bits per heavy atom. The Kier molecular flexibility index (Phi) is 5.42. The van der Waals surface area contributed by atoms with Crippen LogP contribution >= 0.6 is 0 Å². The standard InChI is InChI=1S/C14H19F2NO2/c1-3-14(4-2,9-18)8-17-13(19)11-7-10(15)5-6-12(11)16/h5-7,18H,3-4,8-9H2,1-2H3,(H,17,19). The minimum atomic E-state index is -0.763. The first-order valence-corrected chi connectivity index (χ1v) is 6.32. The van der Waals surface area contributed by atoms with E-state index >= 15 is 0 Å². The lowest BCUT2D eigenvalue weighted by Gasteiger charge is -2.29. The van der Waals surface area contributed by atoms with E-state index in [0.29, 0.717) is 12.8 Å². The van der Waals surface area contributed by atoms with Crippen molar-refractivity contribution in [1.29, 1.82) is 0 Å². The zero-order valence-electron chi connectivity index (χ0n) is 11.2. The van der Waals surface area contributed by atoms with Gasteiger partial charge in [0, 0.05) is 12.0 Å². The van der Waals surface area contributed by atoms with Gasteiger partial charge in [-0.1, -0.05) is 13.8 Å². The number of aliphatic hydroxyl groups excluding tert-OH is 1. The second kappa shape index (κ2) is 6.61. The molecule has 0 heterocycles. The first kappa shape index (κ1) is 15.6. The molecule has 106 valence electrons. The van der Waals surface area contributed by atoms with Crippen LogP contribution in [0.15, 0.2) is 18.2 Å². The molecule has 1 aromatic carbocycles. The summed E-state index contributed by atoms with van der Waals surface area (Å²) in [6.45, 7) is 3.99. The van der Waals surface area contributed by atoms with Gasteiger partial charge in [-0.3, -0.25) is 4.79 Å². The second-order valence-electron chi connectivity index (χ2n) is 4.67. The molecule has 3 nitrogen and oxygen atoms in total. The number of halogens is 2. The summed E-state index contributed by atoms with van der Waals surface area (Å²) in [4.78, 5) is 11.8. The molecule has 0 saturated carbocycles. The van der Waals surface area contributed by atoms with Crippen molar-refractivity contribution in [3.05, 3.63) is 35.4 Å². The summed E-state index contributed by atoms with van der Waals surface area (Å²) in [5.74, 6) is -2.09. The minimum Gasteiger partial charge on any atom is -0.396 e. The molecule has 0 unspecified atom stereocenters. The van der Waals surface area contributed by atoms with Crippen molar-refractivity contribution >= 4 is 5.91 Å². The van der Waals surface area contributed by atoms with Crippen LogP contribution in [0.4, 0.5) is 8.78 Å². The third kappa shape index (κ3) is 3.73. The van der Waals surface area contributed by atoms with Gasteiger partial charge < -0.3 is 10.4 Å². The molecule has 0 spiro atoms. The Labute approximate surface area is 111 Å². The summed E-state index contributed by atoms with van der Waals surface area (Å²) in [5.41, 5.74) is -0.738. The highest BCUT2D eigenvalue weighted by Crippen LogP contribution is 2.24. The minimum absolute atomic E-state index is 0.0636. The van der Waals surface area contributed by atoms with Crippen LogP contribution in [0.3, 0.4) is 0 Å². The molecular formula is C14H19F2NO2. The van der Waals surface area contributed by atoms with Crippen molar-refractivity contribution in [3.63, 3.8) is 0 Å². The molecule has 0 aromatic heterocycles. The molecule has 2 N–H and O–H groups in total. The number of hydrogen-bond donors (Lipinski definition) is 2. The number of carbonyl (C=O) groups excluding carboxylic acids is 1. The fraction of sp³-hybridized carbons (Fsp3) is 0.500. The van der Waals surface area contributed by atoms with Gasteiger partial charge in [0.1, 0.15) is 11.6 Å². The Bertz CT molecular complexity index is 437. The molecule has 0 radical (unpaired) electrons. The van der Waals surface area contributed by atoms with Crippen LogP contribution in [0.25, 0.3) is 0 Å². The van der Waals surface area contributed by atoms with Crippen LogP contribution in [-0.4, -0.2) is 24.2 Å². The van der Waals surface area contributed by atoms with Crippen molar-refractivity contribution in [2.45, 2.75) is 26.7 Å². The highest BCUT2D eigenvalue weighted by Gasteiger charge is 2.26. The van der Waals surface area contributed by atoms with Crippen molar-refractivity contribution in [2.75, 3.05) is 13.2 Å². The zero-order chi connectivity index (χ0) is 14.5. The van der Waals surface area contributed by atoms with Crippen LogP contribution in [0, 0.1) is 17.0 Å². The molecule has 0 saturated heterocycles. The van der Waals surface area contributed by atoms with E-state index < -0.39 is 23.0 Å². The number of nitrogens with one attached hydrogen (secondary N) is 1. The highest BCUT2D eigenvalue weighted by atomic mass is 19.1. The number of carbonyl (C=O) groups is 1. The first-order valence-electron chi connectivity index (χ1n) is 6.32. The normalized spacial score (nSPS) is 11.4. The van der Waals surface area contributed by atoms with Gasteiger partial charge in [-0.2, -0.15) is 0 Å². The number of hydrogen-bond acceptors (Lipinski definition) is 2. The molecule has 0 fully saturated rings. The fourth-order valence-electron chi connectivity index (χ4n) is 1.81. The van der Waals surface area contributed by atoms with Crippen LogP contribution in [0.2, 0.25) is 0 Å². The number of amides is 1. The molecule has 0 bridgehead atoms. The highest BCUT2D eigenvalue weighted by molar-refractivity contribution is 5.94. The summed E-state index contributed by atoms with van der Waals surface area (Å²) in [6, 6.07) is 2.74. The van der Waals surface area contributed by atoms with E-state index in [-0.39, 0.29) is 18.7 Å². The topological polar surface area (TPSA) is 49.3 Å². The van der Waals surface area contributed by atoms with Crippen LogP contribution in [0.1, 0.15) is 37.0 Å². The van der Waals surface area contributed by atoms with E-state index in [1.165, 1.54) is 0 Å². The van der Waals surface area contributed by atoms with Crippen LogP contribution in [0.5, 0.6) is 0 Å². The van der Waals surface area contributed by atoms with Crippen molar-refractivity contribution in [3.8, 4) is 0 Å². The molecule has 1 rings (SSSR count). The Morgan fingerprint density at radius 1 is 1.32 bits per heavy atom. The maximum atomic E-state index is 13.4. The van der Waals surface area contributed by atoms with E-state index in [1.807, 2.05) is 13.8 Å². The van der Waals surface area contributed by atoms with E-state index in [1.54, 1.807) is 0 Å². The smallest absolute Gasteiger partial charge is 0.254 e. The van der Waals surface area contributed by atoms with Crippen LogP contribution in [-0.2, 0) is 0 Å². The van der Waals surface area contributed by atoms with E-state index in [4.69, 9.17) is 0 Å². The largest absolute Gasteiger partial charge is 0.396 e. The summed E-state index contributed by atoms with van der Waals surface area (Å²) < 4.78 is 26.4. The average molecular weight is 271 g/mol. The third-order valence-electron chi connectivity index (χ3n) is 3.63. The first-order chi connectivity index (χ1) is 8.98. The van der Waals surface area contributed by atoms with Gasteiger partial charge in [-0.25, -0.2) is 8.78 Å². The number of benzene rings is 1. The average Bonchev–Trinajstić information content (AvgIpc) is 2.43. The molecule has 5 heteroatoms. The van der Waals surface area contributed by atoms with Crippen molar-refractivity contribution in [2.24, 2.45) is 5.41 Å². The van der Waals surface area contributed by atoms with Gasteiger partial charge in [0.2, 0.25) is 0 Å². The molecule has 0 atom stereocenters. The lowest BCUT2D eigenvalue weighted by atomic mass is 9.83. The summed E-state index contributed by atoms with van der Waals surface area (Å²) in [6.07, 6.45) is 1.37. The second-order valence-corrected chi connectivity index (χ2v) is 4.67. The molecule has 1 aromatic rings. The molecule has 1 amide bonds. The Balaban J connectivity index is 2.77. The van der Waals surface area contributed by atoms with E-state index in [2.05, 4.69) is 5.32 Å². The van der Waals surface area contributed by atoms with E-state index in [0.717, 1.165) is 18.2 Å². The predicted molar refractivity (Wildman–Crippen MR) is 68.8 cm³/mol. The van der Waals surface area contributed by atoms with Gasteiger partial charge >= 0.3 is 0 Å². The monoisotopic (exact) mass is 271 g/mol. The zero-order valence-corrected chi connectivity index (χ0v) is 11.2. The Hall–Kier alpha value is -1.49. The molecule has 0 aliphatic carbocycles. The molecule has 19 heavy (non-hydrogen) atoms. The number of aliphatic hydroxyl groups is 1. The van der Waals surface area contributed by atoms with Gasteiger partial charge in [0.05, 0.1) is 12.2 Å². The van der Waals surface area contributed by atoms with Crippen molar-refractivity contribution in [1.82, 2.24) is 5.32 Å². The van der Waals surface area contributed by atoms with Gasteiger partial charge in [0.15, 0.2) is 0 Å². The van der Waals surface area contributed by atoms with Gasteiger partial charge in [-0.15, -0.1) is 0 Å². The summed E-state index contributed by atoms with van der Waals surface area (Å²) in [7, 11) is 0. The maximum Gasteiger partial charge on any atom is 0.254 e. The van der Waals surface area contributed by atoms with Gasteiger partial charge in [-0.05, 0) is 31.0 Å². The molecule has 0 aliphatic heterocycles.